The van der Waals surface area contributed by atoms with E-state index in [0.29, 0.717) is 22.4 Å². The van der Waals surface area contributed by atoms with E-state index in [9.17, 15) is 9.90 Å². The summed E-state index contributed by atoms with van der Waals surface area (Å²) in [6.45, 7) is 2.01. The molecule has 0 saturated carbocycles. The molecular formula is C18H13N3O2S. The van der Waals surface area contributed by atoms with Gasteiger partial charge in [-0.25, -0.2) is 9.78 Å². The first-order valence-corrected chi connectivity index (χ1v) is 8.25. The smallest absolute Gasteiger partial charge is 0.336 e. The number of carbonyl (C=O) groups is 1. The zero-order chi connectivity index (χ0) is 16.7. The van der Waals surface area contributed by atoms with E-state index in [0.717, 1.165) is 16.0 Å². The van der Waals surface area contributed by atoms with E-state index in [4.69, 9.17) is 0 Å². The molecule has 0 unspecified atom stereocenters. The predicted molar refractivity (Wildman–Crippen MR) is 94.3 cm³/mol. The Morgan fingerprint density at radius 2 is 2.00 bits per heavy atom. The molecule has 3 aromatic heterocycles. The molecule has 0 aliphatic heterocycles. The number of carboxylic acid groups (broad SMARTS) is 1. The highest BCUT2D eigenvalue weighted by Crippen LogP contribution is 2.32. The quantitative estimate of drug-likeness (QED) is 0.583. The minimum atomic E-state index is -0.991. The van der Waals surface area contributed by atoms with Crippen LogP contribution in [0.5, 0.6) is 0 Å². The van der Waals surface area contributed by atoms with Crippen molar-refractivity contribution in [1.29, 1.82) is 0 Å². The molecule has 0 saturated heterocycles. The summed E-state index contributed by atoms with van der Waals surface area (Å²) < 4.78 is 0. The van der Waals surface area contributed by atoms with E-state index in [1.54, 1.807) is 6.07 Å². The minimum absolute atomic E-state index is 0.202. The lowest BCUT2D eigenvalue weighted by Gasteiger charge is -2.04. The van der Waals surface area contributed by atoms with E-state index in [1.807, 2.05) is 48.7 Å². The molecule has 0 radical (unpaired) electrons. The Hall–Kier alpha value is -2.99. The monoisotopic (exact) mass is 335 g/mol. The number of benzene rings is 1. The largest absolute Gasteiger partial charge is 0.478 e. The van der Waals surface area contributed by atoms with E-state index >= 15 is 0 Å². The topological polar surface area (TPSA) is 78.9 Å². The van der Waals surface area contributed by atoms with Crippen molar-refractivity contribution in [3.05, 3.63) is 59.0 Å². The Balaban J connectivity index is 1.98. The molecule has 0 fully saturated rings. The van der Waals surface area contributed by atoms with Gasteiger partial charge in [-0.15, -0.1) is 11.3 Å². The van der Waals surface area contributed by atoms with Gasteiger partial charge in [-0.3, -0.25) is 5.10 Å². The maximum Gasteiger partial charge on any atom is 0.336 e. The number of hydrogen-bond donors (Lipinski definition) is 2. The van der Waals surface area contributed by atoms with Crippen LogP contribution in [0.15, 0.2) is 47.8 Å². The third-order valence-corrected chi connectivity index (χ3v) is 4.76. The normalized spacial score (nSPS) is 11.0. The summed E-state index contributed by atoms with van der Waals surface area (Å²) in [4.78, 5) is 17.3. The number of aryl methyl sites for hydroxylation is 1. The summed E-state index contributed by atoms with van der Waals surface area (Å²) in [6, 6.07) is 13.3. The molecule has 0 spiro atoms. The summed E-state index contributed by atoms with van der Waals surface area (Å²) in [6.07, 6.45) is 0. The highest BCUT2D eigenvalue weighted by Gasteiger charge is 2.19. The number of aromatic carboxylic acids is 1. The van der Waals surface area contributed by atoms with Gasteiger partial charge >= 0.3 is 5.97 Å². The molecule has 2 N–H and O–H groups in total. The second-order valence-electron chi connectivity index (χ2n) is 5.50. The molecule has 24 heavy (non-hydrogen) atoms. The van der Waals surface area contributed by atoms with E-state index < -0.39 is 5.97 Å². The van der Waals surface area contributed by atoms with Crippen molar-refractivity contribution in [1.82, 2.24) is 15.2 Å². The second kappa shape index (κ2) is 5.58. The van der Waals surface area contributed by atoms with Crippen LogP contribution in [-0.4, -0.2) is 26.3 Å². The molecule has 0 aliphatic rings. The second-order valence-corrected chi connectivity index (χ2v) is 6.45. The van der Waals surface area contributed by atoms with Crippen LogP contribution >= 0.6 is 11.3 Å². The SMILES string of the molecule is Cc1ccc(-c2[nH]nc3nc(-c4cccs4)cc(C(=O)O)c23)cc1. The lowest BCUT2D eigenvalue weighted by atomic mass is 10.0. The number of aromatic nitrogens is 3. The standard InChI is InChI=1S/C18H13N3O2S/c1-10-4-6-11(7-5-10)16-15-12(18(22)23)9-13(14-3-2-8-24-14)19-17(15)21-20-16/h2-9H,1H3,(H,22,23)(H,19,20,21). The first kappa shape index (κ1) is 14.6. The van der Waals surface area contributed by atoms with Gasteiger partial charge in [0, 0.05) is 5.56 Å². The molecule has 118 valence electrons. The van der Waals surface area contributed by atoms with Gasteiger partial charge in [0.2, 0.25) is 0 Å². The summed E-state index contributed by atoms with van der Waals surface area (Å²) >= 11 is 1.52. The molecule has 1 aromatic carbocycles. The Morgan fingerprint density at radius 3 is 2.67 bits per heavy atom. The number of H-pyrrole nitrogens is 1. The van der Waals surface area contributed by atoms with Gasteiger partial charge in [-0.05, 0) is 24.4 Å². The summed E-state index contributed by atoms with van der Waals surface area (Å²) in [5.41, 5.74) is 3.93. The summed E-state index contributed by atoms with van der Waals surface area (Å²) in [5, 5.41) is 19.3. The number of nitrogens with one attached hydrogen (secondary N) is 1. The van der Waals surface area contributed by atoms with Crippen LogP contribution in [0.25, 0.3) is 32.9 Å². The van der Waals surface area contributed by atoms with Crippen LogP contribution in [0.2, 0.25) is 0 Å². The van der Waals surface area contributed by atoms with Crippen molar-refractivity contribution in [3.63, 3.8) is 0 Å². The molecular weight excluding hydrogens is 322 g/mol. The van der Waals surface area contributed by atoms with Crippen LogP contribution in [0.3, 0.4) is 0 Å². The highest BCUT2D eigenvalue weighted by atomic mass is 32.1. The average Bonchev–Trinajstić information content (AvgIpc) is 3.24. The number of fused-ring (bicyclic) bond motifs is 1. The van der Waals surface area contributed by atoms with Gasteiger partial charge in [0.1, 0.15) is 0 Å². The van der Waals surface area contributed by atoms with Crippen LogP contribution < -0.4 is 0 Å². The summed E-state index contributed by atoms with van der Waals surface area (Å²) in [5.74, 6) is -0.991. The lowest BCUT2D eigenvalue weighted by molar-refractivity contribution is 0.0699. The number of aromatic amines is 1. The summed E-state index contributed by atoms with van der Waals surface area (Å²) in [7, 11) is 0. The van der Waals surface area contributed by atoms with E-state index in [1.165, 1.54) is 11.3 Å². The minimum Gasteiger partial charge on any atom is -0.478 e. The average molecular weight is 335 g/mol. The molecule has 0 bridgehead atoms. The van der Waals surface area contributed by atoms with Crippen LogP contribution in [0, 0.1) is 6.92 Å². The first-order chi connectivity index (χ1) is 11.6. The molecule has 6 heteroatoms. The highest BCUT2D eigenvalue weighted by molar-refractivity contribution is 7.13. The zero-order valence-electron chi connectivity index (χ0n) is 12.8. The third kappa shape index (κ3) is 2.37. The molecule has 4 aromatic rings. The maximum absolute atomic E-state index is 11.8. The van der Waals surface area contributed by atoms with Crippen molar-refractivity contribution in [2.75, 3.05) is 0 Å². The van der Waals surface area contributed by atoms with Crippen molar-refractivity contribution in [2.45, 2.75) is 6.92 Å². The fourth-order valence-electron chi connectivity index (χ4n) is 2.67. The molecule has 0 aliphatic carbocycles. The Labute approximate surface area is 141 Å². The van der Waals surface area contributed by atoms with Gasteiger partial charge in [0.05, 0.1) is 27.2 Å². The number of pyridine rings is 1. The Bertz CT molecular complexity index is 1030. The lowest BCUT2D eigenvalue weighted by Crippen LogP contribution is -2.00. The molecule has 4 rings (SSSR count). The van der Waals surface area contributed by atoms with Gasteiger partial charge in [0.25, 0.3) is 0 Å². The van der Waals surface area contributed by atoms with E-state index in [-0.39, 0.29) is 5.56 Å². The van der Waals surface area contributed by atoms with Crippen molar-refractivity contribution < 1.29 is 9.90 Å². The van der Waals surface area contributed by atoms with Gasteiger partial charge in [-0.1, -0.05) is 35.9 Å². The fraction of sp³-hybridized carbons (Fsp3) is 0.0556. The fourth-order valence-corrected chi connectivity index (χ4v) is 3.36. The van der Waals surface area contributed by atoms with Gasteiger partial charge in [-0.2, -0.15) is 5.10 Å². The zero-order valence-corrected chi connectivity index (χ0v) is 13.6. The van der Waals surface area contributed by atoms with Crippen molar-refractivity contribution >= 4 is 28.3 Å². The van der Waals surface area contributed by atoms with Gasteiger partial charge < -0.3 is 5.11 Å². The molecule has 3 heterocycles. The molecule has 5 nitrogen and oxygen atoms in total. The Kier molecular flexibility index (Phi) is 3.39. The number of carboxylic acids is 1. The molecule has 0 atom stereocenters. The Morgan fingerprint density at radius 1 is 1.21 bits per heavy atom. The van der Waals surface area contributed by atoms with Crippen LogP contribution in [0.4, 0.5) is 0 Å². The van der Waals surface area contributed by atoms with E-state index in [2.05, 4.69) is 15.2 Å². The first-order valence-electron chi connectivity index (χ1n) is 7.37. The van der Waals surface area contributed by atoms with Crippen molar-refractivity contribution in [2.24, 2.45) is 0 Å². The third-order valence-electron chi connectivity index (χ3n) is 3.87. The van der Waals surface area contributed by atoms with Crippen molar-refractivity contribution in [3.8, 4) is 21.8 Å². The number of hydrogen-bond acceptors (Lipinski definition) is 4. The maximum atomic E-state index is 11.8. The van der Waals surface area contributed by atoms with Crippen LogP contribution in [0.1, 0.15) is 15.9 Å². The van der Waals surface area contributed by atoms with Crippen LogP contribution in [-0.2, 0) is 0 Å². The number of thiophene rings is 1. The molecule has 0 amide bonds. The van der Waals surface area contributed by atoms with Gasteiger partial charge in [0.15, 0.2) is 5.65 Å². The predicted octanol–water partition coefficient (Wildman–Crippen LogP) is 4.36. The number of nitrogens with zero attached hydrogens (tertiary/aromatic N) is 2. The number of rotatable bonds is 3.